The van der Waals surface area contributed by atoms with Crippen LogP contribution < -0.4 is 10.3 Å². The molecule has 7 heteroatoms. The van der Waals surface area contributed by atoms with E-state index in [2.05, 4.69) is 10.3 Å². The summed E-state index contributed by atoms with van der Waals surface area (Å²) < 4.78 is 23.1. The minimum Gasteiger partial charge on any atom is -0.277 e. The summed E-state index contributed by atoms with van der Waals surface area (Å²) in [6.45, 7) is 0. The van der Waals surface area contributed by atoms with Crippen LogP contribution in [0.3, 0.4) is 0 Å². The molecule has 0 saturated heterocycles. The van der Waals surface area contributed by atoms with Crippen molar-refractivity contribution in [3.8, 4) is 0 Å². The Morgan fingerprint density at radius 1 is 1.09 bits per heavy atom. The first-order chi connectivity index (χ1) is 10.3. The molecule has 2 aromatic carbocycles. The van der Waals surface area contributed by atoms with Gasteiger partial charge in [0.15, 0.2) is 9.84 Å². The largest absolute Gasteiger partial charge is 0.281 e. The molecule has 0 bridgehead atoms. The van der Waals surface area contributed by atoms with Gasteiger partial charge in [-0.05, 0) is 42.5 Å². The fraction of sp³-hybridized carbons (Fsp3) is 0.133. The van der Waals surface area contributed by atoms with Gasteiger partial charge in [0.1, 0.15) is 5.69 Å². The number of anilines is 1. The molecule has 0 heterocycles. The van der Waals surface area contributed by atoms with Crippen LogP contribution in [0.15, 0.2) is 47.4 Å². The van der Waals surface area contributed by atoms with Crippen molar-refractivity contribution < 1.29 is 13.4 Å². The fourth-order valence-electron chi connectivity index (χ4n) is 1.87. The van der Waals surface area contributed by atoms with Crippen molar-refractivity contribution in [3.05, 3.63) is 58.1 Å². The summed E-state index contributed by atoms with van der Waals surface area (Å²) in [6.07, 6.45) is 1.15. The highest BCUT2D eigenvalue weighted by molar-refractivity contribution is 7.90. The molecule has 0 fully saturated rings. The Morgan fingerprint density at radius 2 is 1.73 bits per heavy atom. The molecule has 22 heavy (non-hydrogen) atoms. The van der Waals surface area contributed by atoms with Crippen LogP contribution in [0.1, 0.15) is 5.56 Å². The van der Waals surface area contributed by atoms with Gasteiger partial charge in [-0.3, -0.25) is 4.99 Å². The quantitative estimate of drug-likeness (QED) is 0.652. The molecule has 116 valence electrons. The average molecular weight is 358 g/mol. The second kappa shape index (κ2) is 6.69. The second-order valence-corrected chi connectivity index (χ2v) is 7.53. The normalized spacial score (nSPS) is 12.3. The standard InChI is InChI=1S/C15H14Cl2N2O2S/c1-18-15(19-11-5-3-10(16)4-6-11)13-8-7-12(9-14(13)17)22(2,20)21/h3-9H,1-2H3,(H,18,19)/p+1. The Hall–Kier alpha value is -1.56. The van der Waals surface area contributed by atoms with Gasteiger partial charge in [0, 0.05) is 11.3 Å². The van der Waals surface area contributed by atoms with Gasteiger partial charge < -0.3 is 0 Å². The molecule has 0 aliphatic rings. The molecule has 0 amide bonds. The van der Waals surface area contributed by atoms with E-state index in [1.807, 2.05) is 12.1 Å². The van der Waals surface area contributed by atoms with Crippen LogP contribution in [0.4, 0.5) is 5.69 Å². The van der Waals surface area contributed by atoms with Crippen LogP contribution in [0, 0.1) is 0 Å². The zero-order valence-corrected chi connectivity index (χ0v) is 14.4. The van der Waals surface area contributed by atoms with Crippen LogP contribution in [0.2, 0.25) is 10.0 Å². The molecule has 0 saturated carbocycles. The maximum absolute atomic E-state index is 11.5. The van der Waals surface area contributed by atoms with E-state index >= 15 is 0 Å². The highest BCUT2D eigenvalue weighted by Gasteiger charge is 2.17. The van der Waals surface area contributed by atoms with E-state index in [-0.39, 0.29) is 4.90 Å². The van der Waals surface area contributed by atoms with Gasteiger partial charge >= 0.3 is 0 Å². The maximum Gasteiger partial charge on any atom is 0.281 e. The van der Waals surface area contributed by atoms with Crippen molar-refractivity contribution in [1.82, 2.24) is 0 Å². The number of halogens is 2. The number of hydrogen-bond donors (Lipinski definition) is 2. The topological polar surface area (TPSA) is 60.1 Å². The van der Waals surface area contributed by atoms with E-state index in [9.17, 15) is 8.42 Å². The lowest BCUT2D eigenvalue weighted by Gasteiger charge is -2.06. The van der Waals surface area contributed by atoms with Crippen LogP contribution in [-0.4, -0.2) is 27.6 Å². The van der Waals surface area contributed by atoms with Crippen molar-refractivity contribution in [2.75, 3.05) is 18.6 Å². The third kappa shape index (κ3) is 4.00. The van der Waals surface area contributed by atoms with Gasteiger partial charge in [0.2, 0.25) is 0 Å². The van der Waals surface area contributed by atoms with Crippen LogP contribution in [-0.2, 0) is 9.84 Å². The number of hydrogen-bond acceptors (Lipinski definition) is 2. The van der Waals surface area contributed by atoms with Gasteiger partial charge in [0.25, 0.3) is 5.84 Å². The monoisotopic (exact) mass is 357 g/mol. The molecule has 0 unspecified atom stereocenters. The lowest BCUT2D eigenvalue weighted by atomic mass is 10.2. The summed E-state index contributed by atoms with van der Waals surface area (Å²) >= 11 is 12.1. The van der Waals surface area contributed by atoms with Crippen LogP contribution in [0.5, 0.6) is 0 Å². The van der Waals surface area contributed by atoms with Crippen molar-refractivity contribution in [3.63, 3.8) is 0 Å². The molecule has 0 radical (unpaired) electrons. The lowest BCUT2D eigenvalue weighted by molar-refractivity contribution is -0.419. The Labute approximate surface area is 139 Å². The second-order valence-electron chi connectivity index (χ2n) is 4.67. The Kier molecular flexibility index (Phi) is 5.11. The van der Waals surface area contributed by atoms with Crippen molar-refractivity contribution >= 4 is 44.6 Å². The molecule has 2 N–H and O–H groups in total. The third-order valence-electron chi connectivity index (χ3n) is 3.00. The summed E-state index contributed by atoms with van der Waals surface area (Å²) in [4.78, 5) is 3.20. The maximum atomic E-state index is 11.5. The van der Waals surface area contributed by atoms with E-state index in [1.165, 1.54) is 12.1 Å². The molecule has 0 aromatic heterocycles. The van der Waals surface area contributed by atoms with E-state index in [0.29, 0.717) is 21.4 Å². The molecular formula is C15H15Cl2N2O2S+. The van der Waals surface area contributed by atoms with E-state index in [4.69, 9.17) is 23.2 Å². The van der Waals surface area contributed by atoms with Crippen molar-refractivity contribution in [1.29, 1.82) is 0 Å². The Bertz CT molecular complexity index is 816. The highest BCUT2D eigenvalue weighted by atomic mass is 35.5. The molecule has 0 aliphatic carbocycles. The zero-order chi connectivity index (χ0) is 16.3. The molecule has 0 atom stereocenters. The number of benzene rings is 2. The minimum absolute atomic E-state index is 0.184. The van der Waals surface area contributed by atoms with E-state index in [0.717, 1.165) is 11.9 Å². The first-order valence-corrected chi connectivity index (χ1v) is 9.03. The number of nitrogens with one attached hydrogen (secondary N) is 2. The summed E-state index contributed by atoms with van der Waals surface area (Å²) in [5, 5.41) is 4.17. The summed E-state index contributed by atoms with van der Waals surface area (Å²) in [5.41, 5.74) is 1.50. The summed E-state index contributed by atoms with van der Waals surface area (Å²) in [5.74, 6) is 0.660. The van der Waals surface area contributed by atoms with Gasteiger partial charge in [-0.2, -0.15) is 0 Å². The first-order valence-electron chi connectivity index (χ1n) is 6.38. The van der Waals surface area contributed by atoms with Crippen LogP contribution in [0.25, 0.3) is 0 Å². The Balaban J connectivity index is 2.34. The first kappa shape index (κ1) is 16.8. The van der Waals surface area contributed by atoms with E-state index < -0.39 is 9.84 Å². The summed E-state index contributed by atoms with van der Waals surface area (Å²) in [7, 11) is -1.54. The van der Waals surface area contributed by atoms with Gasteiger partial charge in [-0.15, -0.1) is 0 Å². The smallest absolute Gasteiger partial charge is 0.277 e. The SMILES string of the molecule is C[NH+]=C(Nc1ccc(Cl)cc1)c1ccc(S(C)(=O)=O)cc1Cl. The van der Waals surface area contributed by atoms with E-state index in [1.54, 1.807) is 25.2 Å². The Morgan fingerprint density at radius 3 is 2.23 bits per heavy atom. The lowest BCUT2D eigenvalue weighted by Crippen LogP contribution is -2.70. The number of amidine groups is 1. The molecule has 2 aromatic rings. The predicted molar refractivity (Wildman–Crippen MR) is 90.6 cm³/mol. The van der Waals surface area contributed by atoms with Gasteiger partial charge in [-0.25, -0.2) is 13.7 Å². The molecule has 2 rings (SSSR count). The van der Waals surface area contributed by atoms with Gasteiger partial charge in [0.05, 0.1) is 22.5 Å². The highest BCUT2D eigenvalue weighted by Crippen LogP contribution is 2.22. The van der Waals surface area contributed by atoms with Gasteiger partial charge in [-0.1, -0.05) is 23.2 Å². The molecule has 0 spiro atoms. The molecule has 0 aliphatic heterocycles. The predicted octanol–water partition coefficient (Wildman–Crippen LogP) is 1.97. The minimum atomic E-state index is -3.29. The zero-order valence-electron chi connectivity index (χ0n) is 12.0. The number of rotatable bonds is 3. The fourth-order valence-corrected chi connectivity index (χ4v) is 2.98. The summed E-state index contributed by atoms with van der Waals surface area (Å²) in [6, 6.07) is 11.8. The number of sulfone groups is 1. The van der Waals surface area contributed by atoms with Crippen molar-refractivity contribution in [2.24, 2.45) is 0 Å². The van der Waals surface area contributed by atoms with Crippen LogP contribution >= 0.6 is 23.2 Å². The third-order valence-corrected chi connectivity index (χ3v) is 4.68. The average Bonchev–Trinajstić information content (AvgIpc) is 2.46. The molecular weight excluding hydrogens is 343 g/mol. The van der Waals surface area contributed by atoms with Crippen molar-refractivity contribution in [2.45, 2.75) is 4.90 Å². The molecule has 4 nitrogen and oxygen atoms in total.